The molecule has 1 aliphatic rings. The second-order valence-electron chi connectivity index (χ2n) is 4.31. The highest BCUT2D eigenvalue weighted by atomic mass is 16.5. The van der Waals surface area contributed by atoms with Gasteiger partial charge in [-0.15, -0.1) is 0 Å². The molecular formula is C11H22N2O2. The molecule has 0 spiro atoms. The molecular weight excluding hydrogens is 192 g/mol. The number of amides is 1. The maximum Gasteiger partial charge on any atom is 0.224 e. The standard InChI is InChI=1S/C11H22N2O2/c1-8(7-12-3)11(14)13-9(2)10-5-4-6-15-10/h8-10,12H,4-7H2,1-3H3,(H,13,14). The van der Waals surface area contributed by atoms with Crippen LogP contribution in [0.5, 0.6) is 0 Å². The molecule has 1 amide bonds. The van der Waals surface area contributed by atoms with E-state index in [0.29, 0.717) is 6.54 Å². The van der Waals surface area contributed by atoms with Gasteiger partial charge in [0.1, 0.15) is 0 Å². The molecule has 4 heteroatoms. The van der Waals surface area contributed by atoms with Crippen LogP contribution in [-0.2, 0) is 9.53 Å². The summed E-state index contributed by atoms with van der Waals surface area (Å²) in [4.78, 5) is 11.7. The zero-order valence-electron chi connectivity index (χ0n) is 9.88. The van der Waals surface area contributed by atoms with E-state index in [0.717, 1.165) is 19.4 Å². The lowest BCUT2D eigenvalue weighted by molar-refractivity contribution is -0.125. The molecule has 1 saturated heterocycles. The van der Waals surface area contributed by atoms with E-state index < -0.39 is 0 Å². The summed E-state index contributed by atoms with van der Waals surface area (Å²) in [5, 5.41) is 6.00. The van der Waals surface area contributed by atoms with Gasteiger partial charge in [-0.3, -0.25) is 4.79 Å². The van der Waals surface area contributed by atoms with Crippen molar-refractivity contribution < 1.29 is 9.53 Å². The molecule has 1 rings (SSSR count). The fourth-order valence-electron chi connectivity index (χ4n) is 1.86. The third kappa shape index (κ3) is 3.80. The molecule has 0 bridgehead atoms. The summed E-state index contributed by atoms with van der Waals surface area (Å²) in [6, 6.07) is 0.124. The number of ether oxygens (including phenoxy) is 1. The fraction of sp³-hybridized carbons (Fsp3) is 0.909. The molecule has 0 aromatic heterocycles. The molecule has 0 aliphatic carbocycles. The van der Waals surface area contributed by atoms with Gasteiger partial charge in [0.25, 0.3) is 0 Å². The third-order valence-electron chi connectivity index (χ3n) is 2.85. The Hall–Kier alpha value is -0.610. The highest BCUT2D eigenvalue weighted by molar-refractivity contribution is 5.78. The smallest absolute Gasteiger partial charge is 0.224 e. The average molecular weight is 214 g/mol. The summed E-state index contributed by atoms with van der Waals surface area (Å²) in [6.45, 7) is 5.48. The van der Waals surface area contributed by atoms with Gasteiger partial charge in [0, 0.05) is 19.1 Å². The highest BCUT2D eigenvalue weighted by Gasteiger charge is 2.24. The molecule has 3 unspecified atom stereocenters. The Balaban J connectivity index is 2.29. The zero-order valence-corrected chi connectivity index (χ0v) is 9.88. The van der Waals surface area contributed by atoms with Crippen LogP contribution in [0.1, 0.15) is 26.7 Å². The van der Waals surface area contributed by atoms with Crippen molar-refractivity contribution in [2.45, 2.75) is 38.8 Å². The Morgan fingerprint density at radius 2 is 2.27 bits per heavy atom. The van der Waals surface area contributed by atoms with Gasteiger partial charge in [0.15, 0.2) is 0 Å². The Bertz CT molecular complexity index is 203. The van der Waals surface area contributed by atoms with Crippen LogP contribution in [0.3, 0.4) is 0 Å². The number of carbonyl (C=O) groups excluding carboxylic acids is 1. The second kappa shape index (κ2) is 6.08. The predicted octanol–water partition coefficient (Wildman–Crippen LogP) is 0.526. The van der Waals surface area contributed by atoms with Gasteiger partial charge in [-0.2, -0.15) is 0 Å². The van der Waals surface area contributed by atoms with Crippen molar-refractivity contribution >= 4 is 5.91 Å². The van der Waals surface area contributed by atoms with Gasteiger partial charge in [0.05, 0.1) is 12.1 Å². The van der Waals surface area contributed by atoms with Gasteiger partial charge in [-0.05, 0) is 26.8 Å². The van der Waals surface area contributed by atoms with E-state index in [1.54, 1.807) is 0 Å². The summed E-state index contributed by atoms with van der Waals surface area (Å²) in [6.07, 6.45) is 2.37. The topological polar surface area (TPSA) is 50.4 Å². The van der Waals surface area contributed by atoms with E-state index in [-0.39, 0.29) is 24.0 Å². The molecule has 0 radical (unpaired) electrons. The largest absolute Gasteiger partial charge is 0.376 e. The summed E-state index contributed by atoms with van der Waals surface area (Å²) in [5.41, 5.74) is 0. The lowest BCUT2D eigenvalue weighted by atomic mass is 10.1. The van der Waals surface area contributed by atoms with E-state index in [1.165, 1.54) is 0 Å². The Labute approximate surface area is 91.8 Å². The van der Waals surface area contributed by atoms with Crippen molar-refractivity contribution in [1.82, 2.24) is 10.6 Å². The minimum Gasteiger partial charge on any atom is -0.376 e. The molecule has 1 heterocycles. The number of carbonyl (C=O) groups is 1. The van der Waals surface area contributed by atoms with E-state index in [4.69, 9.17) is 4.74 Å². The van der Waals surface area contributed by atoms with Gasteiger partial charge >= 0.3 is 0 Å². The molecule has 88 valence electrons. The Morgan fingerprint density at radius 1 is 1.53 bits per heavy atom. The zero-order chi connectivity index (χ0) is 11.3. The molecule has 4 nitrogen and oxygen atoms in total. The number of hydrogen-bond donors (Lipinski definition) is 2. The van der Waals surface area contributed by atoms with Crippen molar-refractivity contribution in [2.75, 3.05) is 20.2 Å². The van der Waals surface area contributed by atoms with Gasteiger partial charge in [0.2, 0.25) is 5.91 Å². The number of rotatable bonds is 5. The predicted molar refractivity (Wildman–Crippen MR) is 59.7 cm³/mol. The van der Waals surface area contributed by atoms with Crippen molar-refractivity contribution in [3.8, 4) is 0 Å². The van der Waals surface area contributed by atoms with Crippen molar-refractivity contribution in [3.63, 3.8) is 0 Å². The van der Waals surface area contributed by atoms with Crippen LogP contribution in [0, 0.1) is 5.92 Å². The maximum absolute atomic E-state index is 11.7. The van der Waals surface area contributed by atoms with Crippen LogP contribution in [0.15, 0.2) is 0 Å². The molecule has 0 aromatic carbocycles. The van der Waals surface area contributed by atoms with Crippen LogP contribution in [-0.4, -0.2) is 38.3 Å². The van der Waals surface area contributed by atoms with Crippen molar-refractivity contribution in [2.24, 2.45) is 5.92 Å². The van der Waals surface area contributed by atoms with Crippen LogP contribution >= 0.6 is 0 Å². The monoisotopic (exact) mass is 214 g/mol. The van der Waals surface area contributed by atoms with E-state index in [1.807, 2.05) is 20.9 Å². The normalized spacial score (nSPS) is 24.9. The number of nitrogens with one attached hydrogen (secondary N) is 2. The van der Waals surface area contributed by atoms with Gasteiger partial charge < -0.3 is 15.4 Å². The lowest BCUT2D eigenvalue weighted by Gasteiger charge is -2.22. The van der Waals surface area contributed by atoms with Crippen LogP contribution in [0.4, 0.5) is 0 Å². The summed E-state index contributed by atoms with van der Waals surface area (Å²) in [5.74, 6) is 0.117. The Kier molecular flexibility index (Phi) is 5.05. The first-order valence-corrected chi connectivity index (χ1v) is 5.71. The summed E-state index contributed by atoms with van der Waals surface area (Å²) >= 11 is 0. The summed E-state index contributed by atoms with van der Waals surface area (Å²) in [7, 11) is 1.85. The first-order valence-electron chi connectivity index (χ1n) is 5.71. The number of hydrogen-bond acceptors (Lipinski definition) is 3. The quantitative estimate of drug-likeness (QED) is 0.701. The first-order chi connectivity index (χ1) is 7.15. The minimum atomic E-state index is 0.0128. The van der Waals surface area contributed by atoms with Gasteiger partial charge in [-0.25, -0.2) is 0 Å². The first kappa shape index (κ1) is 12.5. The molecule has 1 aliphatic heterocycles. The molecule has 0 saturated carbocycles. The van der Waals surface area contributed by atoms with Crippen LogP contribution in [0.25, 0.3) is 0 Å². The van der Waals surface area contributed by atoms with E-state index in [9.17, 15) is 4.79 Å². The van der Waals surface area contributed by atoms with Crippen LogP contribution < -0.4 is 10.6 Å². The van der Waals surface area contributed by atoms with E-state index in [2.05, 4.69) is 10.6 Å². The third-order valence-corrected chi connectivity index (χ3v) is 2.85. The lowest BCUT2D eigenvalue weighted by Crippen LogP contribution is -2.44. The molecule has 3 atom stereocenters. The molecule has 15 heavy (non-hydrogen) atoms. The molecule has 0 aromatic rings. The summed E-state index contributed by atoms with van der Waals surface area (Å²) < 4.78 is 5.52. The van der Waals surface area contributed by atoms with E-state index >= 15 is 0 Å². The molecule has 2 N–H and O–H groups in total. The van der Waals surface area contributed by atoms with Gasteiger partial charge in [-0.1, -0.05) is 6.92 Å². The highest BCUT2D eigenvalue weighted by Crippen LogP contribution is 2.15. The Morgan fingerprint density at radius 3 is 2.80 bits per heavy atom. The SMILES string of the molecule is CNCC(C)C(=O)NC(C)C1CCCO1. The maximum atomic E-state index is 11.7. The molecule has 1 fully saturated rings. The second-order valence-corrected chi connectivity index (χ2v) is 4.31. The fourth-order valence-corrected chi connectivity index (χ4v) is 1.86. The van der Waals surface area contributed by atoms with Crippen LogP contribution in [0.2, 0.25) is 0 Å². The van der Waals surface area contributed by atoms with Crippen molar-refractivity contribution in [1.29, 1.82) is 0 Å². The average Bonchev–Trinajstić information content (AvgIpc) is 2.70. The minimum absolute atomic E-state index is 0.0128. The van der Waals surface area contributed by atoms with Crippen molar-refractivity contribution in [3.05, 3.63) is 0 Å².